The van der Waals surface area contributed by atoms with Gasteiger partial charge in [-0.15, -0.1) is 5.10 Å². The van der Waals surface area contributed by atoms with E-state index >= 15 is 4.11 Å². The smallest absolute Gasteiger partial charge is 0.264 e. The molecule has 8 rings (SSSR count). The van der Waals surface area contributed by atoms with Gasteiger partial charge in [-0.1, -0.05) is 101 Å². The van der Waals surface area contributed by atoms with Gasteiger partial charge in [0.1, 0.15) is 0 Å². The second-order valence-corrected chi connectivity index (χ2v) is 20.2. The van der Waals surface area contributed by atoms with Crippen molar-refractivity contribution in [3.8, 4) is 0 Å². The third-order valence-electron chi connectivity index (χ3n) is 11.5. The molecule has 10 nitrogen and oxygen atoms in total. The van der Waals surface area contributed by atoms with E-state index in [4.69, 9.17) is 9.84 Å². The maximum absolute atomic E-state index is 16.5. The van der Waals surface area contributed by atoms with Crippen molar-refractivity contribution in [2.75, 3.05) is 16.5 Å². The van der Waals surface area contributed by atoms with Gasteiger partial charge in [-0.05, 0) is 66.5 Å². The van der Waals surface area contributed by atoms with Gasteiger partial charge in [0.15, 0.2) is 5.60 Å². The van der Waals surface area contributed by atoms with Gasteiger partial charge in [-0.25, -0.2) is 5.01 Å². The number of rotatable bonds is 11. The number of aromatic nitrogens is 3. The number of aryl methyl sites for hydroxylation is 1. The van der Waals surface area contributed by atoms with Crippen LogP contribution in [0.5, 0.6) is 0 Å². The number of benzene rings is 4. The number of fused-ring (bicyclic) bond motifs is 2. The molecule has 3 aliphatic heterocycles. The molecule has 4 heterocycles. The van der Waals surface area contributed by atoms with Crippen LogP contribution in [0.3, 0.4) is 0 Å². The van der Waals surface area contributed by atoms with E-state index in [1.54, 1.807) is 22.7 Å². The Morgan fingerprint density at radius 2 is 1.70 bits per heavy atom. The highest BCUT2D eigenvalue weighted by atomic mass is 79.9. The van der Waals surface area contributed by atoms with Crippen LogP contribution < -0.4 is 9.91 Å². The fourth-order valence-electron chi connectivity index (χ4n) is 8.86. The lowest BCUT2D eigenvalue weighted by molar-refractivity contribution is -0.146. The number of carbonyl (C=O) groups is 2. The van der Waals surface area contributed by atoms with Crippen LogP contribution >= 0.6 is 15.9 Å². The molecule has 5 aromatic rings. The predicted octanol–water partition coefficient (Wildman–Crippen LogP) is 8.11. The van der Waals surface area contributed by atoms with Gasteiger partial charge in [-0.3, -0.25) is 14.3 Å². The third kappa shape index (κ3) is 6.95. The maximum atomic E-state index is 16.5. The van der Waals surface area contributed by atoms with Crippen LogP contribution in [0, 0.1) is 5.92 Å². The molecule has 1 N–H and O–H groups in total. The molecule has 1 saturated heterocycles. The Kier molecular flexibility index (Phi) is 10.4. The topological polar surface area (TPSA) is 113 Å². The molecule has 1 fully saturated rings. The lowest BCUT2D eigenvalue weighted by Gasteiger charge is -2.31. The van der Waals surface area contributed by atoms with E-state index in [2.05, 4.69) is 26.2 Å². The SMILES string of the molecule is C[C@H]1[C@H]([Si](C)(C)F)[C@@H](CCn2cc(C(CO)c3ccccc3)nn2)O[C@]12C(=O)N(Cc1ccc(N3N=C(c4ccccc4)CCC3=O)cc1)c1ccc(Br)cc12. The van der Waals surface area contributed by atoms with E-state index < -0.39 is 31.6 Å². The molecule has 1 unspecified atom stereocenters. The fourth-order valence-corrected chi connectivity index (χ4v) is 11.8. The lowest BCUT2D eigenvalue weighted by atomic mass is 9.82. The Bertz CT molecular complexity index is 2270. The Labute approximate surface area is 335 Å². The van der Waals surface area contributed by atoms with Gasteiger partial charge in [-0.2, -0.15) is 5.10 Å². The molecule has 56 heavy (non-hydrogen) atoms. The average Bonchev–Trinajstić information content (AvgIpc) is 3.85. The summed E-state index contributed by atoms with van der Waals surface area (Å²) >= 11 is 3.63. The zero-order valence-corrected chi connectivity index (χ0v) is 34.1. The van der Waals surface area contributed by atoms with E-state index in [1.807, 2.05) is 116 Å². The number of hydrogen-bond donors (Lipinski definition) is 1. The molecule has 0 saturated carbocycles. The number of nitrogens with zero attached hydrogens (tertiary/aromatic N) is 6. The molecule has 0 aliphatic carbocycles. The van der Waals surface area contributed by atoms with Crippen molar-refractivity contribution in [2.24, 2.45) is 11.0 Å². The lowest BCUT2D eigenvalue weighted by Crippen LogP contribution is -2.45. The Balaban J connectivity index is 1.04. The maximum Gasteiger partial charge on any atom is 0.264 e. The van der Waals surface area contributed by atoms with Gasteiger partial charge >= 0.3 is 0 Å². The second-order valence-electron chi connectivity index (χ2n) is 15.4. The van der Waals surface area contributed by atoms with Crippen LogP contribution in [-0.2, 0) is 33.0 Å². The summed E-state index contributed by atoms with van der Waals surface area (Å²) in [6.45, 7) is 5.91. The average molecular weight is 836 g/mol. The first-order valence-electron chi connectivity index (χ1n) is 19.1. The minimum atomic E-state index is -3.39. The number of halogens is 2. The summed E-state index contributed by atoms with van der Waals surface area (Å²) in [6.07, 6.45) is 2.65. The molecule has 1 aromatic heterocycles. The number of anilines is 2. The van der Waals surface area contributed by atoms with E-state index in [0.717, 1.165) is 38.1 Å². The highest BCUT2D eigenvalue weighted by molar-refractivity contribution is 9.10. The van der Waals surface area contributed by atoms with Crippen molar-refractivity contribution in [1.29, 1.82) is 0 Å². The molecule has 1 spiro atoms. The highest BCUT2D eigenvalue weighted by Gasteiger charge is 2.66. The van der Waals surface area contributed by atoms with Crippen LogP contribution in [0.2, 0.25) is 18.6 Å². The Morgan fingerprint density at radius 1 is 0.982 bits per heavy atom. The summed E-state index contributed by atoms with van der Waals surface area (Å²) in [6, 6.07) is 32.9. The van der Waals surface area contributed by atoms with Crippen LogP contribution in [-0.4, -0.2) is 58.7 Å². The van der Waals surface area contributed by atoms with E-state index in [1.165, 1.54) is 5.01 Å². The summed E-state index contributed by atoms with van der Waals surface area (Å²) < 4.78 is 26.0. The Hall–Kier alpha value is -4.82. The van der Waals surface area contributed by atoms with Gasteiger partial charge in [0.25, 0.3) is 5.91 Å². The molecule has 3 aliphatic rings. The summed E-state index contributed by atoms with van der Waals surface area (Å²) in [4.78, 5) is 29.7. The predicted molar refractivity (Wildman–Crippen MR) is 220 cm³/mol. The van der Waals surface area contributed by atoms with Gasteiger partial charge in [0.2, 0.25) is 14.3 Å². The first kappa shape index (κ1) is 38.1. The van der Waals surface area contributed by atoms with E-state index in [-0.39, 0.29) is 30.9 Å². The highest BCUT2D eigenvalue weighted by Crippen LogP contribution is 2.60. The van der Waals surface area contributed by atoms with Crippen LogP contribution in [0.1, 0.15) is 60.1 Å². The minimum Gasteiger partial charge on any atom is -0.395 e. The normalized spacial score (nSPS) is 22.8. The molecule has 2 amide bonds. The van der Waals surface area contributed by atoms with Crippen molar-refractivity contribution >= 4 is 53.2 Å². The van der Waals surface area contributed by atoms with Gasteiger partial charge in [0.05, 0.1) is 48.0 Å². The number of carbonyl (C=O) groups excluding carboxylic acids is 2. The summed E-state index contributed by atoms with van der Waals surface area (Å²) in [7, 11) is -3.39. The molecular formula is C43H44BrFN6O4Si. The van der Waals surface area contributed by atoms with Crippen molar-refractivity contribution < 1.29 is 23.5 Å². The van der Waals surface area contributed by atoms with E-state index in [0.29, 0.717) is 37.2 Å². The summed E-state index contributed by atoms with van der Waals surface area (Å²) in [5, 5.41) is 25.1. The quantitative estimate of drug-likeness (QED) is 0.106. The first-order chi connectivity index (χ1) is 27.0. The number of hydrazone groups is 1. The van der Waals surface area contributed by atoms with Gasteiger partial charge < -0.3 is 18.9 Å². The minimum absolute atomic E-state index is 0.0739. The van der Waals surface area contributed by atoms with Crippen molar-refractivity contribution in [3.63, 3.8) is 0 Å². The largest absolute Gasteiger partial charge is 0.395 e. The van der Waals surface area contributed by atoms with Crippen molar-refractivity contribution in [1.82, 2.24) is 15.0 Å². The number of aliphatic hydroxyl groups excluding tert-OH is 1. The third-order valence-corrected chi connectivity index (χ3v) is 14.5. The number of aliphatic hydroxyl groups is 1. The van der Waals surface area contributed by atoms with Gasteiger partial charge in [0, 0.05) is 47.1 Å². The summed E-state index contributed by atoms with van der Waals surface area (Å²) in [5.74, 6) is -1.05. The fraction of sp³-hybridized carbons (Fsp3) is 0.326. The van der Waals surface area contributed by atoms with Crippen LogP contribution in [0.25, 0.3) is 0 Å². The molecule has 288 valence electrons. The first-order valence-corrected chi connectivity index (χ1v) is 22.8. The number of hydrogen-bond acceptors (Lipinski definition) is 7. The van der Waals surface area contributed by atoms with Crippen LogP contribution in [0.4, 0.5) is 15.5 Å². The molecule has 4 aromatic carbocycles. The molecule has 0 radical (unpaired) electrons. The zero-order chi connectivity index (χ0) is 39.2. The van der Waals surface area contributed by atoms with Crippen molar-refractivity contribution in [2.45, 2.75) is 75.5 Å². The zero-order valence-electron chi connectivity index (χ0n) is 31.6. The molecule has 5 atom stereocenters. The van der Waals surface area contributed by atoms with E-state index in [9.17, 15) is 14.7 Å². The molecular weight excluding hydrogens is 791 g/mol. The molecule has 13 heteroatoms. The standard InChI is InChI=1S/C43H44BrFN6O4Si/c1-28-41(56(2,3)45)39(22-23-49-26-37(46-48-49)34(27-52)30-10-6-4-7-11-30)55-43(28)35-24-32(44)16-20-38(35)50(42(43)54)25-29-14-17-33(18-15-29)51-40(53)21-19-36(47-51)31-12-8-5-9-13-31/h4-18,20,24,26,28,34,39,41,52H,19,21-23,25,27H2,1-3H3/t28-,34?,39+,41-,43+/m0/s1. The number of amides is 2. The Morgan fingerprint density at radius 3 is 2.39 bits per heavy atom. The molecule has 0 bridgehead atoms. The van der Waals surface area contributed by atoms with Crippen molar-refractivity contribution in [3.05, 3.63) is 142 Å². The monoisotopic (exact) mass is 834 g/mol. The second kappa shape index (κ2) is 15.3. The number of ether oxygens (including phenoxy) is 1. The summed E-state index contributed by atoms with van der Waals surface area (Å²) in [5.41, 5.74) is 4.55. The van der Waals surface area contributed by atoms with Crippen LogP contribution in [0.15, 0.2) is 119 Å².